The van der Waals surface area contributed by atoms with Crippen LogP contribution in [0, 0.1) is 0 Å². The van der Waals surface area contributed by atoms with Gasteiger partial charge < -0.3 is 14.7 Å². The van der Waals surface area contributed by atoms with E-state index in [4.69, 9.17) is 9.57 Å². The third kappa shape index (κ3) is 3.37. The summed E-state index contributed by atoms with van der Waals surface area (Å²) in [5.41, 5.74) is 1.43. The predicted octanol–water partition coefficient (Wildman–Crippen LogP) is -1.07. The average molecular weight is 319 g/mol. The first-order valence-corrected chi connectivity index (χ1v) is 6.79. The number of hydrogen-bond acceptors (Lipinski definition) is 5. The van der Waals surface area contributed by atoms with E-state index < -0.39 is 18.0 Å². The molecule has 0 saturated heterocycles. The van der Waals surface area contributed by atoms with Crippen molar-refractivity contribution in [3.8, 4) is 0 Å². The first kappa shape index (κ1) is 17.4. The molecular formula is C17H14NNaO4. The van der Waals surface area contributed by atoms with Gasteiger partial charge in [-0.2, -0.15) is 0 Å². The Morgan fingerprint density at radius 1 is 1.09 bits per heavy atom. The minimum Gasteiger partial charge on any atom is -0.544 e. The molecule has 0 fully saturated rings. The normalized spacial score (nSPS) is 16.6. The Morgan fingerprint density at radius 3 is 2.22 bits per heavy atom. The maximum absolute atomic E-state index is 12.1. The molecule has 112 valence electrons. The van der Waals surface area contributed by atoms with Crippen molar-refractivity contribution in [2.75, 3.05) is 12.2 Å². The van der Waals surface area contributed by atoms with Crippen molar-refractivity contribution in [2.45, 2.75) is 6.04 Å². The minimum absolute atomic E-state index is 0. The van der Waals surface area contributed by atoms with Gasteiger partial charge in [0, 0.05) is 0 Å². The number of esters is 1. The van der Waals surface area contributed by atoms with Crippen molar-refractivity contribution in [3.05, 3.63) is 77.7 Å². The minimum atomic E-state index is -0.690. The van der Waals surface area contributed by atoms with E-state index in [0.29, 0.717) is 5.69 Å². The van der Waals surface area contributed by atoms with Crippen molar-refractivity contribution < 1.29 is 49.0 Å². The van der Waals surface area contributed by atoms with Crippen LogP contribution >= 0.6 is 0 Å². The summed E-state index contributed by atoms with van der Waals surface area (Å²) in [6.07, 6.45) is 0. The van der Waals surface area contributed by atoms with Gasteiger partial charge >= 0.3 is 35.5 Å². The summed E-state index contributed by atoms with van der Waals surface area (Å²) in [6.45, 7) is 0. The number of para-hydroxylation sites is 1. The third-order valence-corrected chi connectivity index (χ3v) is 3.44. The number of ether oxygens (including phenoxy) is 1. The zero-order valence-electron chi connectivity index (χ0n) is 12.9. The molecule has 3 rings (SSSR count). The van der Waals surface area contributed by atoms with Crippen molar-refractivity contribution in [1.82, 2.24) is 0 Å². The van der Waals surface area contributed by atoms with E-state index in [1.165, 1.54) is 12.2 Å². The summed E-state index contributed by atoms with van der Waals surface area (Å²) in [6, 6.07) is 17.7. The summed E-state index contributed by atoms with van der Waals surface area (Å²) < 4.78 is 4.74. The molecule has 0 radical (unpaired) electrons. The first-order valence-electron chi connectivity index (χ1n) is 6.79. The molecule has 5 nitrogen and oxygen atoms in total. The molecule has 0 aliphatic carbocycles. The number of hydroxylamine groups is 1. The number of carbonyl (C=O) groups excluding carboxylic acids is 1. The van der Waals surface area contributed by atoms with E-state index in [9.17, 15) is 9.90 Å². The first-order chi connectivity index (χ1) is 10.7. The Labute approximate surface area is 156 Å². The number of nitrogens with zero attached hydrogens (tertiary/aromatic N) is 1. The van der Waals surface area contributed by atoms with Crippen LogP contribution in [-0.2, 0) is 14.4 Å². The van der Waals surface area contributed by atoms with E-state index in [2.05, 4.69) is 0 Å². The zero-order chi connectivity index (χ0) is 15.5. The quantitative estimate of drug-likeness (QED) is 0.532. The largest absolute Gasteiger partial charge is 1.00 e. The molecule has 0 bridgehead atoms. The van der Waals surface area contributed by atoms with Crippen LogP contribution in [0.1, 0.15) is 11.6 Å². The molecule has 2 aromatic carbocycles. The third-order valence-electron chi connectivity index (χ3n) is 3.44. The summed E-state index contributed by atoms with van der Waals surface area (Å²) in [5, 5.41) is 13.6. The number of methoxy groups -OCH3 is 1. The van der Waals surface area contributed by atoms with E-state index in [-0.39, 0.29) is 35.1 Å². The summed E-state index contributed by atoms with van der Waals surface area (Å²) in [7, 11) is 1.25. The fraction of sp³-hybridized carbons (Fsp3) is 0.118. The molecule has 1 aliphatic rings. The summed E-state index contributed by atoms with van der Waals surface area (Å²) in [4.78, 5) is 17.3. The molecule has 0 amide bonds. The molecule has 1 atom stereocenters. The molecule has 0 saturated carbocycles. The van der Waals surface area contributed by atoms with Gasteiger partial charge in [0.1, 0.15) is 6.04 Å². The Hall–Kier alpha value is -1.95. The van der Waals surface area contributed by atoms with Crippen LogP contribution in [-0.4, -0.2) is 13.1 Å². The number of carbonyl (C=O) groups is 1. The van der Waals surface area contributed by atoms with Gasteiger partial charge in [-0.15, -0.1) is 0 Å². The van der Waals surface area contributed by atoms with Gasteiger partial charge in [-0.25, -0.2) is 4.79 Å². The second kappa shape index (κ2) is 7.55. The van der Waals surface area contributed by atoms with E-state index in [1.807, 2.05) is 60.7 Å². The Morgan fingerprint density at radius 2 is 1.65 bits per heavy atom. The second-order valence-electron chi connectivity index (χ2n) is 4.76. The molecule has 23 heavy (non-hydrogen) atoms. The SMILES string of the molecule is COC(=O)C1=C([O-])ON(c2ccccc2)C1c1ccccc1.[Na+]. The van der Waals surface area contributed by atoms with Gasteiger partial charge in [0.2, 0.25) is 0 Å². The van der Waals surface area contributed by atoms with Gasteiger partial charge in [0.15, 0.2) is 0 Å². The van der Waals surface area contributed by atoms with Crippen LogP contribution in [0.2, 0.25) is 0 Å². The second-order valence-corrected chi connectivity index (χ2v) is 4.76. The van der Waals surface area contributed by atoms with Crippen molar-refractivity contribution in [1.29, 1.82) is 0 Å². The Bertz CT molecular complexity index is 703. The fourth-order valence-corrected chi connectivity index (χ4v) is 2.44. The number of hydrogen-bond donors (Lipinski definition) is 0. The number of benzene rings is 2. The monoisotopic (exact) mass is 319 g/mol. The summed E-state index contributed by atoms with van der Waals surface area (Å²) in [5.74, 6) is -1.37. The summed E-state index contributed by atoms with van der Waals surface area (Å²) >= 11 is 0. The maximum atomic E-state index is 12.1. The Balaban J connectivity index is 0.00000192. The van der Waals surface area contributed by atoms with E-state index in [1.54, 1.807) is 0 Å². The van der Waals surface area contributed by atoms with Crippen molar-refractivity contribution >= 4 is 11.7 Å². The van der Waals surface area contributed by atoms with Crippen LogP contribution in [0.15, 0.2) is 72.2 Å². The molecule has 1 aliphatic heterocycles. The van der Waals surface area contributed by atoms with Gasteiger partial charge in [0.25, 0.3) is 0 Å². The number of rotatable bonds is 3. The maximum Gasteiger partial charge on any atom is 1.00 e. The van der Waals surface area contributed by atoms with Crippen LogP contribution < -0.4 is 39.7 Å². The van der Waals surface area contributed by atoms with Crippen LogP contribution in [0.3, 0.4) is 0 Å². The average Bonchev–Trinajstić information content (AvgIpc) is 2.93. The van der Waals surface area contributed by atoms with Gasteiger partial charge in [-0.3, -0.25) is 5.06 Å². The van der Waals surface area contributed by atoms with Gasteiger partial charge in [0.05, 0.1) is 24.3 Å². The molecule has 6 heteroatoms. The van der Waals surface area contributed by atoms with E-state index >= 15 is 0 Å². The van der Waals surface area contributed by atoms with Crippen LogP contribution in [0.4, 0.5) is 5.69 Å². The molecule has 1 unspecified atom stereocenters. The molecular weight excluding hydrogens is 305 g/mol. The van der Waals surface area contributed by atoms with E-state index in [0.717, 1.165) is 5.56 Å². The predicted molar refractivity (Wildman–Crippen MR) is 78.2 cm³/mol. The van der Waals surface area contributed by atoms with Gasteiger partial charge in [-0.1, -0.05) is 48.5 Å². The molecule has 1 heterocycles. The molecule has 0 aromatic heterocycles. The van der Waals surface area contributed by atoms with Crippen molar-refractivity contribution in [2.24, 2.45) is 0 Å². The molecule has 0 N–H and O–H groups in total. The smallest absolute Gasteiger partial charge is 0.544 e. The van der Waals surface area contributed by atoms with Gasteiger partial charge in [-0.05, 0) is 17.7 Å². The van der Waals surface area contributed by atoms with Crippen LogP contribution in [0.25, 0.3) is 0 Å². The van der Waals surface area contributed by atoms with Crippen LogP contribution in [0.5, 0.6) is 0 Å². The molecule has 2 aromatic rings. The standard InChI is InChI=1S/C17H15NO4.Na/c1-21-16(19)14-15(12-8-4-2-5-9-12)18(22-17(14)20)13-10-6-3-7-11-13;/h2-11,15,20H,1H3;/q;+1/p-1. The topological polar surface area (TPSA) is 61.8 Å². The van der Waals surface area contributed by atoms with Crippen molar-refractivity contribution in [3.63, 3.8) is 0 Å². The zero-order valence-corrected chi connectivity index (χ0v) is 14.9. The Kier molecular flexibility index (Phi) is 5.71. The molecule has 0 spiro atoms. The fourth-order valence-electron chi connectivity index (χ4n) is 2.44. The number of anilines is 1.